The maximum Gasteiger partial charge on any atom is 0.268 e. The standard InChI is InChI=1S/C8H13N3O/c1-7(4-9)6-11-3-2-10-5-8(11)12/h2-3,5,7H,4,6,9H2,1H3. The van der Waals surface area contributed by atoms with Crippen molar-refractivity contribution in [3.63, 3.8) is 0 Å². The van der Waals surface area contributed by atoms with Gasteiger partial charge in [-0.2, -0.15) is 0 Å². The van der Waals surface area contributed by atoms with Gasteiger partial charge in [-0.05, 0) is 12.5 Å². The Morgan fingerprint density at radius 2 is 2.50 bits per heavy atom. The fourth-order valence-corrected chi connectivity index (χ4v) is 0.935. The van der Waals surface area contributed by atoms with Crippen LogP contribution in [0.25, 0.3) is 0 Å². The second-order valence-corrected chi connectivity index (χ2v) is 2.91. The molecule has 0 radical (unpaired) electrons. The Balaban J connectivity index is 2.76. The number of hydrogen-bond donors (Lipinski definition) is 1. The van der Waals surface area contributed by atoms with Crippen molar-refractivity contribution in [3.8, 4) is 0 Å². The molecular formula is C8H13N3O. The molecule has 1 heterocycles. The lowest BCUT2D eigenvalue weighted by Crippen LogP contribution is -2.25. The maximum absolute atomic E-state index is 11.1. The molecule has 0 aliphatic carbocycles. The molecule has 0 aliphatic rings. The molecule has 1 atom stereocenters. The lowest BCUT2D eigenvalue weighted by molar-refractivity contribution is 0.480. The van der Waals surface area contributed by atoms with Crippen LogP contribution in [-0.2, 0) is 6.54 Å². The van der Waals surface area contributed by atoms with Gasteiger partial charge in [0, 0.05) is 18.9 Å². The van der Waals surface area contributed by atoms with Crippen LogP contribution in [-0.4, -0.2) is 16.1 Å². The third kappa shape index (κ3) is 2.17. The van der Waals surface area contributed by atoms with E-state index >= 15 is 0 Å². The van der Waals surface area contributed by atoms with E-state index in [1.807, 2.05) is 6.92 Å². The first-order valence-corrected chi connectivity index (χ1v) is 3.94. The van der Waals surface area contributed by atoms with Crippen LogP contribution in [0.4, 0.5) is 0 Å². The summed E-state index contributed by atoms with van der Waals surface area (Å²) in [4.78, 5) is 14.8. The van der Waals surface area contributed by atoms with Crippen molar-refractivity contribution in [2.24, 2.45) is 11.7 Å². The highest BCUT2D eigenvalue weighted by molar-refractivity contribution is 4.80. The zero-order valence-corrected chi connectivity index (χ0v) is 7.10. The number of nitrogens with two attached hydrogens (primary N) is 1. The molecule has 66 valence electrons. The summed E-state index contributed by atoms with van der Waals surface area (Å²) < 4.78 is 1.62. The van der Waals surface area contributed by atoms with E-state index in [4.69, 9.17) is 5.73 Å². The topological polar surface area (TPSA) is 60.9 Å². The third-order valence-electron chi connectivity index (χ3n) is 1.71. The molecule has 1 aromatic rings. The predicted octanol–water partition coefficient (Wildman–Crippen LogP) is -0.162. The van der Waals surface area contributed by atoms with Crippen LogP contribution >= 0.6 is 0 Å². The number of aromatic nitrogens is 2. The van der Waals surface area contributed by atoms with Gasteiger partial charge < -0.3 is 10.3 Å². The Labute approximate surface area is 71.0 Å². The average Bonchev–Trinajstić information content (AvgIpc) is 2.09. The minimum atomic E-state index is -0.0715. The molecule has 0 bridgehead atoms. The SMILES string of the molecule is CC(CN)Cn1ccncc1=O. The lowest BCUT2D eigenvalue weighted by Gasteiger charge is -2.09. The molecule has 0 amide bonds. The zero-order valence-electron chi connectivity index (χ0n) is 7.10. The van der Waals surface area contributed by atoms with Crippen LogP contribution in [0.15, 0.2) is 23.4 Å². The highest BCUT2D eigenvalue weighted by Gasteiger charge is 2.00. The quantitative estimate of drug-likeness (QED) is 0.680. The first-order chi connectivity index (χ1) is 5.74. The highest BCUT2D eigenvalue weighted by atomic mass is 16.1. The molecule has 0 aromatic carbocycles. The van der Waals surface area contributed by atoms with Gasteiger partial charge in [0.1, 0.15) is 0 Å². The minimum Gasteiger partial charge on any atom is -0.330 e. The van der Waals surface area contributed by atoms with Crippen molar-refractivity contribution in [2.75, 3.05) is 6.54 Å². The molecule has 0 saturated heterocycles. The molecule has 0 spiro atoms. The van der Waals surface area contributed by atoms with E-state index in [0.717, 1.165) is 0 Å². The number of rotatable bonds is 3. The van der Waals surface area contributed by atoms with Gasteiger partial charge in [0.15, 0.2) is 0 Å². The van der Waals surface area contributed by atoms with Crippen molar-refractivity contribution in [1.29, 1.82) is 0 Å². The number of hydrogen-bond acceptors (Lipinski definition) is 3. The van der Waals surface area contributed by atoms with Gasteiger partial charge in [0.05, 0.1) is 6.20 Å². The van der Waals surface area contributed by atoms with Gasteiger partial charge >= 0.3 is 0 Å². The first-order valence-electron chi connectivity index (χ1n) is 3.94. The summed E-state index contributed by atoms with van der Waals surface area (Å²) in [5, 5.41) is 0. The molecule has 1 aromatic heterocycles. The molecule has 12 heavy (non-hydrogen) atoms. The fourth-order valence-electron chi connectivity index (χ4n) is 0.935. The molecule has 2 N–H and O–H groups in total. The molecule has 0 aliphatic heterocycles. The average molecular weight is 167 g/mol. The molecule has 0 fully saturated rings. The summed E-state index contributed by atoms with van der Waals surface area (Å²) in [7, 11) is 0. The monoisotopic (exact) mass is 167 g/mol. The minimum absolute atomic E-state index is 0.0715. The largest absolute Gasteiger partial charge is 0.330 e. The van der Waals surface area contributed by atoms with Crippen molar-refractivity contribution >= 4 is 0 Å². The molecule has 0 saturated carbocycles. The Morgan fingerprint density at radius 3 is 3.08 bits per heavy atom. The van der Waals surface area contributed by atoms with Crippen LogP contribution in [0, 0.1) is 5.92 Å². The van der Waals surface area contributed by atoms with Crippen molar-refractivity contribution in [1.82, 2.24) is 9.55 Å². The zero-order chi connectivity index (χ0) is 8.97. The Kier molecular flexibility index (Phi) is 2.99. The molecular weight excluding hydrogens is 154 g/mol. The Morgan fingerprint density at radius 1 is 1.75 bits per heavy atom. The van der Waals surface area contributed by atoms with E-state index in [-0.39, 0.29) is 5.56 Å². The lowest BCUT2D eigenvalue weighted by atomic mass is 10.2. The Hall–Kier alpha value is -1.16. The van der Waals surface area contributed by atoms with E-state index in [0.29, 0.717) is 19.0 Å². The summed E-state index contributed by atoms with van der Waals surface area (Å²) in [6.45, 7) is 3.26. The summed E-state index contributed by atoms with van der Waals surface area (Å²) in [5.74, 6) is 0.324. The van der Waals surface area contributed by atoms with Crippen LogP contribution < -0.4 is 11.3 Å². The van der Waals surface area contributed by atoms with Gasteiger partial charge in [-0.1, -0.05) is 6.92 Å². The predicted molar refractivity (Wildman–Crippen MR) is 46.7 cm³/mol. The number of nitrogens with zero attached hydrogens (tertiary/aromatic N) is 2. The van der Waals surface area contributed by atoms with Crippen LogP contribution in [0.2, 0.25) is 0 Å². The summed E-state index contributed by atoms with van der Waals surface area (Å²) in [6.07, 6.45) is 4.59. The smallest absolute Gasteiger partial charge is 0.268 e. The van der Waals surface area contributed by atoms with E-state index in [2.05, 4.69) is 4.98 Å². The van der Waals surface area contributed by atoms with E-state index < -0.39 is 0 Å². The highest BCUT2D eigenvalue weighted by Crippen LogP contribution is 1.93. The first kappa shape index (κ1) is 8.93. The molecule has 4 nitrogen and oxygen atoms in total. The second kappa shape index (κ2) is 4.01. The van der Waals surface area contributed by atoms with Gasteiger partial charge in [-0.25, -0.2) is 0 Å². The maximum atomic E-state index is 11.1. The van der Waals surface area contributed by atoms with E-state index in [1.54, 1.807) is 17.0 Å². The molecule has 1 rings (SSSR count). The van der Waals surface area contributed by atoms with Crippen molar-refractivity contribution in [2.45, 2.75) is 13.5 Å². The summed E-state index contributed by atoms with van der Waals surface area (Å²) >= 11 is 0. The Bertz CT molecular complexity index is 294. The van der Waals surface area contributed by atoms with Crippen molar-refractivity contribution in [3.05, 3.63) is 28.9 Å². The van der Waals surface area contributed by atoms with Crippen LogP contribution in [0.1, 0.15) is 6.92 Å². The third-order valence-corrected chi connectivity index (χ3v) is 1.71. The fraction of sp³-hybridized carbons (Fsp3) is 0.500. The molecule has 4 heteroatoms. The second-order valence-electron chi connectivity index (χ2n) is 2.91. The normalized spacial score (nSPS) is 12.8. The van der Waals surface area contributed by atoms with Crippen molar-refractivity contribution < 1.29 is 0 Å². The van der Waals surface area contributed by atoms with Crippen LogP contribution in [0.5, 0.6) is 0 Å². The van der Waals surface area contributed by atoms with E-state index in [1.165, 1.54) is 6.20 Å². The van der Waals surface area contributed by atoms with Gasteiger partial charge in [0.25, 0.3) is 5.56 Å². The van der Waals surface area contributed by atoms with Crippen LogP contribution in [0.3, 0.4) is 0 Å². The van der Waals surface area contributed by atoms with Gasteiger partial charge in [-0.3, -0.25) is 9.78 Å². The summed E-state index contributed by atoms with van der Waals surface area (Å²) in [5.41, 5.74) is 5.37. The summed E-state index contributed by atoms with van der Waals surface area (Å²) in [6, 6.07) is 0. The van der Waals surface area contributed by atoms with Gasteiger partial charge in [-0.15, -0.1) is 0 Å². The molecule has 1 unspecified atom stereocenters. The van der Waals surface area contributed by atoms with E-state index in [9.17, 15) is 4.79 Å². The van der Waals surface area contributed by atoms with Gasteiger partial charge in [0.2, 0.25) is 0 Å².